The third-order valence-electron chi connectivity index (χ3n) is 4.42. The molecule has 0 aromatic heterocycles. The molecule has 11 heteroatoms. The third-order valence-corrected chi connectivity index (χ3v) is 5.32. The number of carbonyl (C=O) groups excluding carboxylic acids is 3. The summed E-state index contributed by atoms with van der Waals surface area (Å²) in [6, 6.07) is 10.3. The van der Waals surface area contributed by atoms with Gasteiger partial charge < -0.3 is 20.1 Å². The summed E-state index contributed by atoms with van der Waals surface area (Å²) < 4.78 is 11.7. The van der Waals surface area contributed by atoms with E-state index >= 15 is 0 Å². The molecule has 0 saturated carbocycles. The first-order valence-electron chi connectivity index (χ1n) is 10.9. The van der Waals surface area contributed by atoms with Crippen molar-refractivity contribution in [3.63, 3.8) is 0 Å². The maximum atomic E-state index is 12.3. The van der Waals surface area contributed by atoms with Gasteiger partial charge in [-0.2, -0.15) is 5.10 Å². The molecule has 0 fully saturated rings. The number of hydrazone groups is 1. The summed E-state index contributed by atoms with van der Waals surface area (Å²) in [6.07, 6.45) is 2.01. The normalized spacial score (nSPS) is 10.9. The second-order valence-corrected chi connectivity index (χ2v) is 9.03. The van der Waals surface area contributed by atoms with Crippen LogP contribution in [0.25, 0.3) is 0 Å². The topological polar surface area (TPSA) is 118 Å². The van der Waals surface area contributed by atoms with Crippen molar-refractivity contribution in [2.24, 2.45) is 5.10 Å². The zero-order chi connectivity index (χ0) is 25.8. The zero-order valence-corrected chi connectivity index (χ0v) is 22.0. The third kappa shape index (κ3) is 10.5. The number of nitrogens with zero attached hydrogens (tertiary/aromatic N) is 1. The van der Waals surface area contributed by atoms with Crippen molar-refractivity contribution in [2.45, 2.75) is 33.3 Å². The molecule has 2 aromatic carbocycles. The number of rotatable bonds is 11. The quantitative estimate of drug-likeness (QED) is 0.165. The van der Waals surface area contributed by atoms with Crippen molar-refractivity contribution < 1.29 is 23.9 Å². The van der Waals surface area contributed by atoms with Crippen molar-refractivity contribution in [3.8, 4) is 5.75 Å². The Morgan fingerprint density at radius 3 is 2.63 bits per heavy atom. The van der Waals surface area contributed by atoms with Gasteiger partial charge in [-0.25, -0.2) is 5.43 Å². The first-order chi connectivity index (χ1) is 16.7. The fourth-order valence-electron chi connectivity index (χ4n) is 2.65. The number of halogens is 2. The highest BCUT2D eigenvalue weighted by atomic mass is 79.9. The minimum Gasteiger partial charge on any atom is -0.483 e. The van der Waals surface area contributed by atoms with Crippen LogP contribution >= 0.6 is 27.5 Å². The van der Waals surface area contributed by atoms with Gasteiger partial charge in [0.1, 0.15) is 5.75 Å². The van der Waals surface area contributed by atoms with Crippen LogP contribution in [0.15, 0.2) is 46.0 Å². The lowest BCUT2D eigenvalue weighted by atomic mass is 10.2. The number of aryl methyl sites for hydroxylation is 1. The Hall–Kier alpha value is -2.95. The second-order valence-electron chi connectivity index (χ2n) is 7.71. The van der Waals surface area contributed by atoms with E-state index in [4.69, 9.17) is 21.1 Å². The van der Waals surface area contributed by atoms with E-state index in [0.717, 1.165) is 10.0 Å². The van der Waals surface area contributed by atoms with E-state index in [9.17, 15) is 14.4 Å². The Morgan fingerprint density at radius 1 is 1.14 bits per heavy atom. The summed E-state index contributed by atoms with van der Waals surface area (Å²) >= 11 is 9.44. The van der Waals surface area contributed by atoms with Crippen LogP contribution in [-0.2, 0) is 19.1 Å². The lowest BCUT2D eigenvalue weighted by Crippen LogP contribution is -2.38. The molecule has 0 bridgehead atoms. The number of ether oxygens (including phenoxy) is 2. The van der Waals surface area contributed by atoms with Gasteiger partial charge in [-0.05, 0) is 63.1 Å². The predicted octanol–water partition coefficient (Wildman–Crippen LogP) is 3.81. The van der Waals surface area contributed by atoms with Crippen LogP contribution in [0.4, 0.5) is 5.69 Å². The van der Waals surface area contributed by atoms with Gasteiger partial charge in [0, 0.05) is 33.9 Å². The first kappa shape index (κ1) is 28.3. The molecule has 0 spiro atoms. The van der Waals surface area contributed by atoms with Gasteiger partial charge in [0.2, 0.25) is 0 Å². The molecule has 3 amide bonds. The minimum absolute atomic E-state index is 0.108. The lowest BCUT2D eigenvalue weighted by Gasteiger charge is -2.11. The van der Waals surface area contributed by atoms with Gasteiger partial charge in [-0.3, -0.25) is 14.4 Å². The zero-order valence-electron chi connectivity index (χ0n) is 19.7. The maximum Gasteiger partial charge on any atom is 0.329 e. The highest BCUT2D eigenvalue weighted by Gasteiger charge is 2.12. The van der Waals surface area contributed by atoms with Gasteiger partial charge in [-0.15, -0.1) is 0 Å². The molecule has 9 nitrogen and oxygen atoms in total. The molecule has 0 aliphatic carbocycles. The fraction of sp³-hybridized carbons (Fsp3) is 0.333. The van der Waals surface area contributed by atoms with Crippen LogP contribution in [0.2, 0.25) is 5.02 Å². The monoisotopic (exact) mass is 566 g/mol. The van der Waals surface area contributed by atoms with Crippen LogP contribution in [0.5, 0.6) is 5.75 Å². The Morgan fingerprint density at radius 2 is 1.91 bits per heavy atom. The van der Waals surface area contributed by atoms with E-state index < -0.39 is 11.8 Å². The van der Waals surface area contributed by atoms with Crippen LogP contribution in [0, 0.1) is 6.92 Å². The maximum absolute atomic E-state index is 12.3. The average Bonchev–Trinajstić information content (AvgIpc) is 2.80. The minimum atomic E-state index is -0.903. The number of carbonyl (C=O) groups is 3. The van der Waals surface area contributed by atoms with Crippen molar-refractivity contribution in [2.75, 3.05) is 25.1 Å². The predicted molar refractivity (Wildman–Crippen MR) is 139 cm³/mol. The van der Waals surface area contributed by atoms with Crippen LogP contribution < -0.4 is 20.8 Å². The summed E-state index contributed by atoms with van der Waals surface area (Å²) in [7, 11) is 0. The molecule has 0 aliphatic rings. The number of nitrogens with one attached hydrogen (secondary N) is 3. The molecule has 2 aromatic rings. The molecule has 0 aliphatic heterocycles. The van der Waals surface area contributed by atoms with Gasteiger partial charge in [0.25, 0.3) is 5.91 Å². The van der Waals surface area contributed by atoms with E-state index in [-0.39, 0.29) is 18.6 Å². The standard InChI is InChI=1S/C24H28BrClN4O5/c1-15(2)34-10-4-9-27-23(32)24(33)30-28-13-17-11-18(25)6-8-21(17)35-14-22(31)29-19-7-5-16(3)20(26)12-19/h5-8,11-13,15H,4,9-10,14H2,1-3H3,(H,27,32)(H,29,31)(H,30,33)/b28-13-. The smallest absolute Gasteiger partial charge is 0.329 e. The number of hydrogen-bond donors (Lipinski definition) is 3. The van der Waals surface area contributed by atoms with Gasteiger partial charge in [-0.1, -0.05) is 33.6 Å². The molecule has 0 radical (unpaired) electrons. The molecule has 0 saturated heterocycles. The molecule has 2 rings (SSSR count). The fourth-order valence-corrected chi connectivity index (χ4v) is 3.21. The summed E-state index contributed by atoms with van der Waals surface area (Å²) in [4.78, 5) is 36.0. The van der Waals surface area contributed by atoms with E-state index in [0.29, 0.717) is 41.6 Å². The molecule has 188 valence electrons. The molecule has 0 unspecified atom stereocenters. The molecular weight excluding hydrogens is 540 g/mol. The first-order valence-corrected chi connectivity index (χ1v) is 12.0. The molecule has 0 atom stereocenters. The van der Waals surface area contributed by atoms with Crippen LogP contribution in [0.1, 0.15) is 31.4 Å². The molecular formula is C24H28BrClN4O5. The Labute approximate surface area is 217 Å². The van der Waals surface area contributed by atoms with Crippen molar-refractivity contribution in [1.29, 1.82) is 0 Å². The number of hydrogen-bond acceptors (Lipinski definition) is 6. The SMILES string of the molecule is Cc1ccc(NC(=O)COc2ccc(Br)cc2/C=N\NC(=O)C(=O)NCCCOC(C)C)cc1Cl. The average molecular weight is 568 g/mol. The second kappa shape index (κ2) is 14.4. The van der Waals surface area contributed by atoms with E-state index in [2.05, 4.69) is 37.1 Å². The largest absolute Gasteiger partial charge is 0.483 e. The number of anilines is 1. The summed E-state index contributed by atoms with van der Waals surface area (Å²) in [5.74, 6) is -1.72. The highest BCUT2D eigenvalue weighted by Crippen LogP contribution is 2.22. The van der Waals surface area contributed by atoms with E-state index in [1.165, 1.54) is 6.21 Å². The van der Waals surface area contributed by atoms with Crippen molar-refractivity contribution in [1.82, 2.24) is 10.7 Å². The molecule has 0 heterocycles. The Kier molecular flexibility index (Phi) is 11.7. The van der Waals surface area contributed by atoms with Crippen LogP contribution in [0.3, 0.4) is 0 Å². The summed E-state index contributed by atoms with van der Waals surface area (Å²) in [5, 5.41) is 9.57. The van der Waals surface area contributed by atoms with Crippen LogP contribution in [-0.4, -0.2) is 49.8 Å². The van der Waals surface area contributed by atoms with Crippen molar-refractivity contribution >= 4 is 57.2 Å². The summed E-state index contributed by atoms with van der Waals surface area (Å²) in [6.45, 7) is 6.24. The lowest BCUT2D eigenvalue weighted by molar-refractivity contribution is -0.139. The van der Waals surface area contributed by atoms with Gasteiger partial charge in [0.15, 0.2) is 6.61 Å². The van der Waals surface area contributed by atoms with E-state index in [1.54, 1.807) is 36.4 Å². The van der Waals surface area contributed by atoms with Gasteiger partial charge in [0.05, 0.1) is 12.3 Å². The number of amides is 3. The number of benzene rings is 2. The van der Waals surface area contributed by atoms with E-state index in [1.807, 2.05) is 20.8 Å². The molecule has 35 heavy (non-hydrogen) atoms. The van der Waals surface area contributed by atoms with Gasteiger partial charge >= 0.3 is 11.8 Å². The highest BCUT2D eigenvalue weighted by molar-refractivity contribution is 9.10. The summed E-state index contributed by atoms with van der Waals surface area (Å²) in [5.41, 5.74) is 4.11. The van der Waals surface area contributed by atoms with Crippen molar-refractivity contribution in [3.05, 3.63) is 57.0 Å². The Balaban J connectivity index is 1.87. The Bertz CT molecular complexity index is 1080. The molecule has 3 N–H and O–H groups in total.